The number of ether oxygens (including phenoxy) is 1. The molecule has 0 unspecified atom stereocenters. The van der Waals surface area contributed by atoms with Gasteiger partial charge in [0.25, 0.3) is 11.8 Å². The average Bonchev–Trinajstić information content (AvgIpc) is 2.91. The zero-order valence-corrected chi connectivity index (χ0v) is 15.0. The molecule has 2 amide bonds. The van der Waals surface area contributed by atoms with Crippen LogP contribution >= 0.6 is 0 Å². The number of nitrogens with zero attached hydrogens (tertiary/aromatic N) is 2. The summed E-state index contributed by atoms with van der Waals surface area (Å²) in [7, 11) is 0. The van der Waals surface area contributed by atoms with Crippen LogP contribution in [0.4, 0.5) is 0 Å². The van der Waals surface area contributed by atoms with Gasteiger partial charge in [-0.15, -0.1) is 0 Å². The fourth-order valence-corrected chi connectivity index (χ4v) is 3.03. The Morgan fingerprint density at radius 1 is 1.04 bits per heavy atom. The van der Waals surface area contributed by atoms with E-state index in [9.17, 15) is 14.4 Å². The van der Waals surface area contributed by atoms with Crippen molar-refractivity contribution in [2.45, 2.75) is 26.3 Å². The summed E-state index contributed by atoms with van der Waals surface area (Å²) in [5.74, 6) is -1.34. The molecule has 1 aliphatic heterocycles. The van der Waals surface area contributed by atoms with Gasteiger partial charge in [0.2, 0.25) is 0 Å². The zero-order chi connectivity index (χ0) is 19.6. The molecule has 0 saturated heterocycles. The van der Waals surface area contributed by atoms with E-state index in [4.69, 9.17) is 10.00 Å². The molecule has 0 bridgehead atoms. The van der Waals surface area contributed by atoms with Gasteiger partial charge < -0.3 is 4.74 Å². The molecule has 1 atom stereocenters. The lowest BCUT2D eigenvalue weighted by Gasteiger charge is -2.25. The van der Waals surface area contributed by atoms with Crippen LogP contribution in [0.5, 0.6) is 5.75 Å². The summed E-state index contributed by atoms with van der Waals surface area (Å²) in [5, 5.41) is 8.85. The SMILES string of the molecule is CC(C)C[C@@H](C(=O)Oc1ccc(C#N)cc1)N1C(=O)c2ccccc2C1=O. The highest BCUT2D eigenvalue weighted by atomic mass is 16.5. The Morgan fingerprint density at radius 3 is 2.07 bits per heavy atom. The van der Waals surface area contributed by atoms with Crippen LogP contribution in [0.25, 0.3) is 0 Å². The first-order valence-electron chi connectivity index (χ1n) is 8.61. The zero-order valence-electron chi connectivity index (χ0n) is 15.0. The molecule has 136 valence electrons. The van der Waals surface area contributed by atoms with Gasteiger partial charge in [-0.05, 0) is 48.7 Å². The van der Waals surface area contributed by atoms with E-state index >= 15 is 0 Å². The number of fused-ring (bicyclic) bond motifs is 1. The van der Waals surface area contributed by atoms with Gasteiger partial charge in [0.15, 0.2) is 0 Å². The smallest absolute Gasteiger partial charge is 0.334 e. The largest absolute Gasteiger partial charge is 0.425 e. The van der Waals surface area contributed by atoms with Crippen molar-refractivity contribution in [3.8, 4) is 11.8 Å². The summed E-state index contributed by atoms with van der Waals surface area (Å²) < 4.78 is 5.39. The second kappa shape index (κ2) is 7.42. The van der Waals surface area contributed by atoms with Gasteiger partial charge in [0, 0.05) is 0 Å². The van der Waals surface area contributed by atoms with Crippen molar-refractivity contribution < 1.29 is 19.1 Å². The van der Waals surface area contributed by atoms with Gasteiger partial charge in [0.05, 0.1) is 22.8 Å². The van der Waals surface area contributed by atoms with Gasteiger partial charge in [0.1, 0.15) is 11.8 Å². The number of amides is 2. The molecule has 3 rings (SSSR count). The lowest BCUT2D eigenvalue weighted by molar-refractivity contribution is -0.139. The predicted molar refractivity (Wildman–Crippen MR) is 97.0 cm³/mol. The van der Waals surface area contributed by atoms with Crippen LogP contribution in [0.3, 0.4) is 0 Å². The molecule has 27 heavy (non-hydrogen) atoms. The molecule has 2 aromatic rings. The van der Waals surface area contributed by atoms with Gasteiger partial charge >= 0.3 is 5.97 Å². The molecule has 6 nitrogen and oxygen atoms in total. The molecule has 0 spiro atoms. The number of benzene rings is 2. The minimum absolute atomic E-state index is 0.0628. The van der Waals surface area contributed by atoms with E-state index in [0.717, 1.165) is 4.90 Å². The summed E-state index contributed by atoms with van der Waals surface area (Å²) in [6.45, 7) is 3.81. The molecule has 0 fully saturated rings. The van der Waals surface area contributed by atoms with E-state index in [-0.39, 0.29) is 11.7 Å². The summed E-state index contributed by atoms with van der Waals surface area (Å²) in [6.07, 6.45) is 0.292. The molecular weight excluding hydrogens is 344 g/mol. The van der Waals surface area contributed by atoms with Crippen molar-refractivity contribution in [2.75, 3.05) is 0 Å². The fourth-order valence-electron chi connectivity index (χ4n) is 3.03. The fraction of sp³-hybridized carbons (Fsp3) is 0.238. The minimum Gasteiger partial charge on any atom is -0.425 e. The number of hydrogen-bond acceptors (Lipinski definition) is 5. The highest BCUT2D eigenvalue weighted by Gasteiger charge is 2.43. The lowest BCUT2D eigenvalue weighted by atomic mass is 10.0. The number of carbonyl (C=O) groups excluding carboxylic acids is 3. The van der Waals surface area contributed by atoms with Crippen molar-refractivity contribution in [1.29, 1.82) is 5.26 Å². The van der Waals surface area contributed by atoms with E-state index in [2.05, 4.69) is 0 Å². The third kappa shape index (κ3) is 3.58. The molecule has 0 aromatic heterocycles. The number of carbonyl (C=O) groups is 3. The average molecular weight is 362 g/mol. The van der Waals surface area contributed by atoms with Gasteiger partial charge in [-0.25, -0.2) is 4.79 Å². The molecule has 0 aliphatic carbocycles. The van der Waals surface area contributed by atoms with Crippen LogP contribution in [0.15, 0.2) is 48.5 Å². The van der Waals surface area contributed by atoms with Crippen molar-refractivity contribution >= 4 is 17.8 Å². The van der Waals surface area contributed by atoms with Crippen LogP contribution in [0.1, 0.15) is 46.5 Å². The van der Waals surface area contributed by atoms with Crippen molar-refractivity contribution in [1.82, 2.24) is 4.90 Å². The van der Waals surface area contributed by atoms with E-state index < -0.39 is 23.8 Å². The first-order valence-corrected chi connectivity index (χ1v) is 8.61. The predicted octanol–water partition coefficient (Wildman–Crippen LogP) is 3.17. The van der Waals surface area contributed by atoms with Gasteiger partial charge in [-0.3, -0.25) is 14.5 Å². The van der Waals surface area contributed by atoms with E-state index in [1.165, 1.54) is 24.3 Å². The lowest BCUT2D eigenvalue weighted by Crippen LogP contribution is -2.47. The van der Waals surface area contributed by atoms with E-state index in [1.54, 1.807) is 24.3 Å². The molecule has 0 radical (unpaired) electrons. The van der Waals surface area contributed by atoms with Crippen molar-refractivity contribution in [3.05, 3.63) is 65.2 Å². The highest BCUT2D eigenvalue weighted by Crippen LogP contribution is 2.28. The van der Waals surface area contributed by atoms with E-state index in [0.29, 0.717) is 23.1 Å². The van der Waals surface area contributed by atoms with Crippen LogP contribution in [-0.4, -0.2) is 28.7 Å². The Labute approximate surface area is 157 Å². The van der Waals surface area contributed by atoms with E-state index in [1.807, 2.05) is 19.9 Å². The minimum atomic E-state index is -1.02. The maximum Gasteiger partial charge on any atom is 0.334 e. The summed E-state index contributed by atoms with van der Waals surface area (Å²) in [5.41, 5.74) is 1.03. The highest BCUT2D eigenvalue weighted by molar-refractivity contribution is 6.22. The third-order valence-corrected chi connectivity index (χ3v) is 4.31. The quantitative estimate of drug-likeness (QED) is 0.463. The van der Waals surface area contributed by atoms with Crippen LogP contribution in [0, 0.1) is 17.2 Å². The van der Waals surface area contributed by atoms with Gasteiger partial charge in [-0.1, -0.05) is 26.0 Å². The summed E-state index contributed by atoms with van der Waals surface area (Å²) in [6, 6.07) is 13.6. The molecule has 1 heterocycles. The summed E-state index contributed by atoms with van der Waals surface area (Å²) >= 11 is 0. The summed E-state index contributed by atoms with van der Waals surface area (Å²) in [4.78, 5) is 39.3. The maximum absolute atomic E-state index is 12.8. The number of rotatable bonds is 5. The molecule has 2 aromatic carbocycles. The third-order valence-electron chi connectivity index (χ3n) is 4.31. The molecule has 0 saturated carbocycles. The van der Waals surface area contributed by atoms with Crippen molar-refractivity contribution in [3.63, 3.8) is 0 Å². The molecule has 0 N–H and O–H groups in total. The Hall–Kier alpha value is -3.46. The number of hydrogen-bond donors (Lipinski definition) is 0. The topological polar surface area (TPSA) is 87.5 Å². The Kier molecular flexibility index (Phi) is 5.04. The standard InChI is InChI=1S/C21H18N2O4/c1-13(2)11-18(21(26)27-15-9-7-14(12-22)8-10-15)23-19(24)16-5-3-4-6-17(16)20(23)25/h3-10,13,18H,11H2,1-2H3/t18-/m0/s1. The maximum atomic E-state index is 12.8. The molecular formula is C21H18N2O4. The first kappa shape index (κ1) is 18.3. The normalized spacial score (nSPS) is 14.1. The number of esters is 1. The van der Waals surface area contributed by atoms with Crippen LogP contribution in [-0.2, 0) is 4.79 Å². The monoisotopic (exact) mass is 362 g/mol. The molecule has 6 heteroatoms. The Balaban J connectivity index is 1.88. The second-order valence-electron chi connectivity index (χ2n) is 6.73. The van der Waals surface area contributed by atoms with Crippen LogP contribution < -0.4 is 4.74 Å². The number of imide groups is 1. The molecule has 1 aliphatic rings. The van der Waals surface area contributed by atoms with Gasteiger partial charge in [-0.2, -0.15) is 5.26 Å². The van der Waals surface area contributed by atoms with Crippen molar-refractivity contribution in [2.24, 2.45) is 5.92 Å². The Bertz CT molecular complexity index is 906. The number of nitriles is 1. The Morgan fingerprint density at radius 2 is 1.59 bits per heavy atom. The second-order valence-corrected chi connectivity index (χ2v) is 6.73. The first-order chi connectivity index (χ1) is 12.9. The van der Waals surface area contributed by atoms with Crippen LogP contribution in [0.2, 0.25) is 0 Å².